The molecule has 6 heteroatoms. The van der Waals surface area contributed by atoms with Crippen LogP contribution >= 0.6 is 0 Å². The molecule has 1 aromatic rings. The van der Waals surface area contributed by atoms with Gasteiger partial charge in [-0.15, -0.1) is 0 Å². The molecule has 0 spiro atoms. The number of benzene rings is 1. The molecule has 1 N–H and O–H groups in total. The lowest BCUT2D eigenvalue weighted by Crippen LogP contribution is -2.24. The number of hydrogen-bond acceptors (Lipinski definition) is 5. The highest BCUT2D eigenvalue weighted by molar-refractivity contribution is 5.95. The highest BCUT2D eigenvalue weighted by atomic mass is 16.5. The molecule has 0 bridgehead atoms. The van der Waals surface area contributed by atoms with Crippen LogP contribution in [0.2, 0.25) is 0 Å². The van der Waals surface area contributed by atoms with Gasteiger partial charge >= 0.3 is 11.9 Å². The zero-order chi connectivity index (χ0) is 24.3. The van der Waals surface area contributed by atoms with E-state index in [0.29, 0.717) is 6.54 Å². The summed E-state index contributed by atoms with van der Waals surface area (Å²) >= 11 is 0. The fourth-order valence-electron chi connectivity index (χ4n) is 3.78. The van der Waals surface area contributed by atoms with Crippen LogP contribution in [0.4, 0.5) is 0 Å². The summed E-state index contributed by atoms with van der Waals surface area (Å²) in [5, 5.41) is 2.88. The number of unbranched alkanes of at least 4 members (excludes halogenated alkanes) is 13. The van der Waals surface area contributed by atoms with Crippen molar-refractivity contribution in [2.75, 3.05) is 6.54 Å². The molecule has 1 aromatic carbocycles. The predicted molar refractivity (Wildman–Crippen MR) is 132 cm³/mol. The Morgan fingerprint density at radius 1 is 0.636 bits per heavy atom. The summed E-state index contributed by atoms with van der Waals surface area (Å²) in [4.78, 5) is 34.9. The van der Waals surface area contributed by atoms with Gasteiger partial charge in [-0.05, 0) is 18.6 Å². The Labute approximate surface area is 199 Å². The van der Waals surface area contributed by atoms with E-state index in [2.05, 4.69) is 12.2 Å². The molecule has 1 rings (SSSR count). The molecule has 0 saturated heterocycles. The monoisotopic (exact) mass is 461 g/mol. The molecule has 0 aromatic heterocycles. The highest BCUT2D eigenvalue weighted by Crippen LogP contribution is 2.23. The largest absolute Gasteiger partial charge is 0.427 e. The minimum Gasteiger partial charge on any atom is -0.427 e. The van der Waals surface area contributed by atoms with Crippen molar-refractivity contribution in [3.8, 4) is 11.5 Å². The minimum atomic E-state index is -0.510. The van der Waals surface area contributed by atoms with Gasteiger partial charge in [0.15, 0.2) is 0 Å². The van der Waals surface area contributed by atoms with E-state index in [0.717, 1.165) is 12.8 Å². The average molecular weight is 462 g/mol. The maximum atomic E-state index is 12.5. The number of rotatable bonds is 18. The van der Waals surface area contributed by atoms with Gasteiger partial charge in [0, 0.05) is 32.0 Å². The topological polar surface area (TPSA) is 81.7 Å². The van der Waals surface area contributed by atoms with Gasteiger partial charge in [-0.3, -0.25) is 14.4 Å². The van der Waals surface area contributed by atoms with Gasteiger partial charge in [-0.25, -0.2) is 0 Å². The van der Waals surface area contributed by atoms with Crippen molar-refractivity contribution >= 4 is 17.8 Å². The molecule has 0 unspecified atom stereocenters. The lowest BCUT2D eigenvalue weighted by Gasteiger charge is -2.10. The van der Waals surface area contributed by atoms with Crippen LogP contribution in [-0.2, 0) is 9.59 Å². The van der Waals surface area contributed by atoms with Crippen molar-refractivity contribution in [2.45, 2.75) is 111 Å². The smallest absolute Gasteiger partial charge is 0.308 e. The Balaban J connectivity index is 2.17. The molecule has 6 nitrogen and oxygen atoms in total. The van der Waals surface area contributed by atoms with Gasteiger partial charge in [0.2, 0.25) is 0 Å². The lowest BCUT2D eigenvalue weighted by atomic mass is 10.0. The van der Waals surface area contributed by atoms with Gasteiger partial charge in [0.1, 0.15) is 11.5 Å². The Kier molecular flexibility index (Phi) is 15.7. The molecule has 0 radical (unpaired) electrons. The number of amides is 1. The molecule has 0 fully saturated rings. The normalized spacial score (nSPS) is 10.6. The van der Waals surface area contributed by atoms with Crippen molar-refractivity contribution in [3.05, 3.63) is 23.8 Å². The van der Waals surface area contributed by atoms with E-state index >= 15 is 0 Å². The third-order valence-electron chi connectivity index (χ3n) is 5.48. The van der Waals surface area contributed by atoms with E-state index in [1.54, 1.807) is 0 Å². The molecule has 0 atom stereocenters. The Bertz CT molecular complexity index is 682. The second-order valence-electron chi connectivity index (χ2n) is 8.73. The molecular formula is C27H43NO5. The van der Waals surface area contributed by atoms with Gasteiger partial charge in [0.05, 0.1) is 0 Å². The quantitative estimate of drug-likeness (QED) is 0.149. The first kappa shape index (κ1) is 28.7. The van der Waals surface area contributed by atoms with Crippen molar-refractivity contribution < 1.29 is 23.9 Å². The van der Waals surface area contributed by atoms with E-state index in [1.807, 2.05) is 0 Å². The van der Waals surface area contributed by atoms with Gasteiger partial charge in [-0.1, -0.05) is 90.4 Å². The van der Waals surface area contributed by atoms with Gasteiger partial charge in [0.25, 0.3) is 5.91 Å². The summed E-state index contributed by atoms with van der Waals surface area (Å²) in [6, 6.07) is 4.34. The summed E-state index contributed by atoms with van der Waals surface area (Å²) in [6.45, 7) is 5.38. The molecule has 33 heavy (non-hydrogen) atoms. The molecule has 1 amide bonds. The maximum Gasteiger partial charge on any atom is 0.308 e. The maximum absolute atomic E-state index is 12.5. The fraction of sp³-hybridized carbons (Fsp3) is 0.667. The molecule has 186 valence electrons. The van der Waals surface area contributed by atoms with Gasteiger partial charge < -0.3 is 14.8 Å². The standard InChI is InChI=1S/C27H43NO5/c1-4-5-6-7-8-9-10-11-12-13-14-15-16-17-18-28-27(31)24-19-25(32-22(2)29)21-26(20-24)33-23(3)30/h19-21H,4-18H2,1-3H3,(H,28,31). The number of carbonyl (C=O) groups is 3. The summed E-state index contributed by atoms with van der Waals surface area (Å²) in [5.74, 6) is -0.967. The van der Waals surface area contributed by atoms with Crippen LogP contribution in [0, 0.1) is 0 Å². The molecule has 0 aliphatic heterocycles. The zero-order valence-corrected chi connectivity index (χ0v) is 20.9. The first-order valence-electron chi connectivity index (χ1n) is 12.7. The molecule has 0 heterocycles. The van der Waals surface area contributed by atoms with Crippen LogP contribution in [0.5, 0.6) is 11.5 Å². The first-order chi connectivity index (χ1) is 15.9. The lowest BCUT2D eigenvalue weighted by molar-refractivity contribution is -0.132. The van der Waals surface area contributed by atoms with Crippen LogP contribution in [-0.4, -0.2) is 24.4 Å². The SMILES string of the molecule is CCCCCCCCCCCCCCCCNC(=O)c1cc(OC(C)=O)cc(OC(C)=O)c1. The van der Waals surface area contributed by atoms with Crippen LogP contribution in [0.3, 0.4) is 0 Å². The second-order valence-corrected chi connectivity index (χ2v) is 8.73. The summed E-state index contributed by atoms with van der Waals surface area (Å²) in [7, 11) is 0. The van der Waals surface area contributed by atoms with Crippen molar-refractivity contribution in [1.29, 1.82) is 0 Å². The Morgan fingerprint density at radius 2 is 1.03 bits per heavy atom. The van der Waals surface area contributed by atoms with Gasteiger partial charge in [-0.2, -0.15) is 0 Å². The fourth-order valence-corrected chi connectivity index (χ4v) is 3.78. The minimum absolute atomic E-state index is 0.169. The first-order valence-corrected chi connectivity index (χ1v) is 12.7. The highest BCUT2D eigenvalue weighted by Gasteiger charge is 2.12. The number of carbonyl (C=O) groups excluding carboxylic acids is 3. The van der Waals surface area contributed by atoms with Crippen LogP contribution in [0.25, 0.3) is 0 Å². The average Bonchev–Trinajstić information content (AvgIpc) is 2.75. The molecular weight excluding hydrogens is 418 g/mol. The van der Waals surface area contributed by atoms with Crippen LogP contribution < -0.4 is 14.8 Å². The van der Waals surface area contributed by atoms with E-state index < -0.39 is 11.9 Å². The third kappa shape index (κ3) is 15.2. The number of nitrogens with one attached hydrogen (secondary N) is 1. The Morgan fingerprint density at radius 3 is 1.42 bits per heavy atom. The number of ether oxygens (including phenoxy) is 2. The van der Waals surface area contributed by atoms with Crippen LogP contribution in [0.15, 0.2) is 18.2 Å². The molecule has 0 aliphatic carbocycles. The van der Waals surface area contributed by atoms with E-state index in [-0.39, 0.29) is 23.0 Å². The Hall–Kier alpha value is -2.37. The summed E-state index contributed by atoms with van der Waals surface area (Å²) in [5.41, 5.74) is 0.287. The number of hydrogen-bond donors (Lipinski definition) is 1. The van der Waals surface area contributed by atoms with Crippen molar-refractivity contribution in [2.24, 2.45) is 0 Å². The van der Waals surface area contributed by atoms with E-state index in [9.17, 15) is 14.4 Å². The van der Waals surface area contributed by atoms with Crippen molar-refractivity contribution in [1.82, 2.24) is 5.32 Å². The van der Waals surface area contributed by atoms with E-state index in [1.165, 1.54) is 109 Å². The van der Waals surface area contributed by atoms with Crippen LogP contribution in [0.1, 0.15) is 121 Å². The zero-order valence-electron chi connectivity index (χ0n) is 20.9. The number of esters is 2. The molecule has 0 saturated carbocycles. The van der Waals surface area contributed by atoms with Crippen molar-refractivity contribution in [3.63, 3.8) is 0 Å². The predicted octanol–water partition coefficient (Wildman–Crippen LogP) is 6.75. The van der Waals surface area contributed by atoms with E-state index in [4.69, 9.17) is 9.47 Å². The summed E-state index contributed by atoms with van der Waals surface area (Å²) < 4.78 is 10.1. The summed E-state index contributed by atoms with van der Waals surface area (Å²) in [6.07, 6.45) is 18.1. The second kappa shape index (κ2) is 18.1. The molecule has 0 aliphatic rings. The third-order valence-corrected chi connectivity index (χ3v) is 5.48.